The van der Waals surface area contributed by atoms with Crippen molar-refractivity contribution in [1.29, 1.82) is 0 Å². The molecule has 0 spiro atoms. The molecule has 2 fully saturated rings. The van der Waals surface area contributed by atoms with E-state index in [0.29, 0.717) is 20.1 Å². The van der Waals surface area contributed by atoms with Crippen molar-refractivity contribution in [3.05, 3.63) is 68.1 Å². The third-order valence-corrected chi connectivity index (χ3v) is 7.63. The molecule has 2 aromatic rings. The van der Waals surface area contributed by atoms with Crippen molar-refractivity contribution in [3.8, 4) is 0 Å². The van der Waals surface area contributed by atoms with Gasteiger partial charge in [-0.15, -0.1) is 0 Å². The van der Waals surface area contributed by atoms with Crippen molar-refractivity contribution in [3.63, 3.8) is 0 Å². The van der Waals surface area contributed by atoms with Crippen LogP contribution in [0.2, 0.25) is 0 Å². The summed E-state index contributed by atoms with van der Waals surface area (Å²) in [5.74, 6) is -2.95. The zero-order chi connectivity index (χ0) is 29.1. The van der Waals surface area contributed by atoms with E-state index in [9.17, 15) is 28.6 Å². The molecular weight excluding hydrogens is 634 g/mol. The van der Waals surface area contributed by atoms with Crippen LogP contribution in [-0.4, -0.2) is 45.1 Å². The van der Waals surface area contributed by atoms with Gasteiger partial charge in [-0.2, -0.15) is 0 Å². The molecule has 11 heteroatoms. The molecule has 2 aliphatic carbocycles. The Kier molecular flexibility index (Phi) is 10.6. The van der Waals surface area contributed by atoms with E-state index in [-0.39, 0.29) is 37.6 Å². The van der Waals surface area contributed by atoms with Crippen molar-refractivity contribution in [2.75, 3.05) is 7.11 Å². The number of carboxylic acids is 1. The number of hydrogen-bond donors (Lipinski definition) is 4. The van der Waals surface area contributed by atoms with Crippen molar-refractivity contribution in [2.45, 2.75) is 63.3 Å². The van der Waals surface area contributed by atoms with Crippen LogP contribution in [0.3, 0.4) is 0 Å². The number of hydrogen-bond acceptors (Lipinski definition) is 6. The molecule has 7 nitrogen and oxygen atoms in total. The Morgan fingerprint density at radius 1 is 0.842 bits per heavy atom. The van der Waals surface area contributed by atoms with Gasteiger partial charge in [0.1, 0.15) is 17.2 Å². The lowest BCUT2D eigenvalue weighted by Crippen LogP contribution is -2.46. The number of esters is 1. The maximum Gasteiger partial charge on any atom is 0.309 e. The van der Waals surface area contributed by atoms with Gasteiger partial charge in [0.15, 0.2) is 0 Å². The van der Waals surface area contributed by atoms with Crippen LogP contribution in [0.1, 0.15) is 57.6 Å². The smallest absolute Gasteiger partial charge is 0.309 e. The minimum absolute atomic E-state index is 0.142. The average molecular weight is 666 g/mol. The first-order valence-electron chi connectivity index (χ1n) is 11.8. The maximum atomic E-state index is 13.5. The van der Waals surface area contributed by atoms with E-state index >= 15 is 0 Å². The second-order valence-corrected chi connectivity index (χ2v) is 12.1. The Balaban J connectivity index is 0.000000256. The normalized spacial score (nSPS) is 25.9. The minimum Gasteiger partial charge on any atom is -0.481 e. The van der Waals surface area contributed by atoms with Gasteiger partial charge in [-0.3, -0.25) is 9.59 Å². The highest BCUT2D eigenvalue weighted by atomic mass is 79.9. The van der Waals surface area contributed by atoms with Gasteiger partial charge >= 0.3 is 11.9 Å². The second-order valence-electron chi connectivity index (χ2n) is 10.4. The first-order valence-corrected chi connectivity index (χ1v) is 13.4. The van der Waals surface area contributed by atoms with Crippen molar-refractivity contribution in [1.82, 2.24) is 0 Å². The molecule has 0 bridgehead atoms. The molecule has 4 N–H and O–H groups in total. The predicted octanol–water partition coefficient (Wildman–Crippen LogP) is 5.41. The van der Waals surface area contributed by atoms with E-state index in [4.69, 9.17) is 14.9 Å². The van der Waals surface area contributed by atoms with E-state index in [1.165, 1.54) is 18.2 Å². The zero-order valence-electron chi connectivity index (χ0n) is 21.5. The summed E-state index contributed by atoms with van der Waals surface area (Å²) in [5.41, 5.74) is -1.92. The Labute approximate surface area is 237 Å². The molecule has 0 aromatic heterocycles. The molecule has 0 radical (unpaired) electrons. The fraction of sp³-hybridized carbons (Fsp3) is 0.481. The maximum absolute atomic E-state index is 13.5. The Morgan fingerprint density at radius 2 is 1.21 bits per heavy atom. The number of carboxylic acid groups (broad SMARTS) is 1. The minimum atomic E-state index is -1.19. The third kappa shape index (κ3) is 7.81. The number of carbonyl (C=O) groups is 2. The molecule has 0 aliphatic heterocycles. The van der Waals surface area contributed by atoms with Gasteiger partial charge in [-0.05, 0) is 114 Å². The third-order valence-electron chi connectivity index (χ3n) is 6.34. The first-order chi connectivity index (χ1) is 17.5. The molecule has 0 atom stereocenters. The Hall–Kier alpha value is -1.92. The van der Waals surface area contributed by atoms with Gasteiger partial charge < -0.3 is 25.2 Å². The number of aliphatic hydroxyl groups is 3. The van der Waals surface area contributed by atoms with Crippen LogP contribution < -0.4 is 0 Å². The fourth-order valence-electron chi connectivity index (χ4n) is 4.28. The standard InChI is InChI=1S/C15H18BrFO3.C11H10BrFO3.CH4O/c1-14(2,3)20-13(18)9-7-15(19,8-9)10-4-5-11(16)12(17)6-10;12-8-2-1-7(3-9(8)13)11(16)4-6(5-11)10(14)15;1-2/h4-6,9,19H,7-8H2,1-3H3;1-3,6,16H,4-5H2,(H,14,15);2H,1H3. The Bertz CT molecular complexity index is 1150. The molecule has 2 aliphatic rings. The highest BCUT2D eigenvalue weighted by Gasteiger charge is 2.49. The number of rotatable bonds is 4. The number of ether oxygens (including phenoxy) is 1. The molecule has 0 amide bonds. The van der Waals surface area contributed by atoms with E-state index in [2.05, 4.69) is 31.9 Å². The van der Waals surface area contributed by atoms with Gasteiger partial charge in [0.25, 0.3) is 0 Å². The van der Waals surface area contributed by atoms with Crippen LogP contribution in [0.5, 0.6) is 0 Å². The molecule has 4 rings (SSSR count). The number of carbonyl (C=O) groups excluding carboxylic acids is 1. The van der Waals surface area contributed by atoms with Gasteiger partial charge in [0, 0.05) is 7.11 Å². The summed E-state index contributed by atoms with van der Waals surface area (Å²) in [5, 5.41) is 36.2. The van der Waals surface area contributed by atoms with E-state index in [1.807, 2.05) is 0 Å². The fourth-order valence-corrected chi connectivity index (χ4v) is 4.77. The zero-order valence-corrected chi connectivity index (χ0v) is 24.6. The topological polar surface area (TPSA) is 124 Å². The number of halogens is 4. The average Bonchev–Trinajstić information content (AvgIpc) is 2.79. The predicted molar refractivity (Wildman–Crippen MR) is 143 cm³/mol. The summed E-state index contributed by atoms with van der Waals surface area (Å²) in [6.07, 6.45) is 0.818. The molecular formula is C27H32Br2F2O7. The largest absolute Gasteiger partial charge is 0.481 e. The molecule has 38 heavy (non-hydrogen) atoms. The van der Waals surface area contributed by atoms with Gasteiger partial charge in [0.2, 0.25) is 0 Å². The van der Waals surface area contributed by atoms with Crippen molar-refractivity contribution >= 4 is 43.8 Å². The monoisotopic (exact) mass is 664 g/mol. The summed E-state index contributed by atoms with van der Waals surface area (Å²) in [6, 6.07) is 8.88. The summed E-state index contributed by atoms with van der Waals surface area (Å²) in [6.45, 7) is 5.42. The van der Waals surface area contributed by atoms with Crippen LogP contribution in [0.15, 0.2) is 45.3 Å². The lowest BCUT2D eigenvalue weighted by atomic mass is 9.67. The Morgan fingerprint density at radius 3 is 1.53 bits per heavy atom. The van der Waals surface area contributed by atoms with Crippen molar-refractivity contribution in [2.24, 2.45) is 11.8 Å². The molecule has 2 aromatic carbocycles. The van der Waals surface area contributed by atoms with Crippen molar-refractivity contribution < 1.29 is 43.5 Å². The SMILES string of the molecule is CC(C)(C)OC(=O)C1CC(O)(c2ccc(Br)c(F)c2)C1.CO.O=C(O)C1CC(O)(c2ccc(Br)c(F)c2)C1. The number of aliphatic carboxylic acids is 1. The van der Waals surface area contributed by atoms with Crippen LogP contribution in [0, 0.1) is 23.5 Å². The second kappa shape index (κ2) is 12.5. The summed E-state index contributed by atoms with van der Waals surface area (Å²) >= 11 is 6.09. The lowest BCUT2D eigenvalue weighted by molar-refractivity contribution is -0.176. The molecule has 0 heterocycles. The van der Waals surface area contributed by atoms with Crippen LogP contribution in [-0.2, 0) is 25.5 Å². The van der Waals surface area contributed by atoms with E-state index in [1.54, 1.807) is 39.0 Å². The summed E-state index contributed by atoms with van der Waals surface area (Å²) in [4.78, 5) is 22.5. The first kappa shape index (κ1) is 32.3. The van der Waals surface area contributed by atoms with E-state index in [0.717, 1.165) is 7.11 Å². The summed E-state index contributed by atoms with van der Waals surface area (Å²) < 4.78 is 32.7. The quantitative estimate of drug-likeness (QED) is 0.322. The number of aliphatic hydroxyl groups excluding tert-OH is 1. The molecule has 2 saturated carbocycles. The molecule has 210 valence electrons. The molecule has 0 saturated heterocycles. The van der Waals surface area contributed by atoms with Gasteiger partial charge in [-0.1, -0.05) is 12.1 Å². The number of benzene rings is 2. The summed E-state index contributed by atoms with van der Waals surface area (Å²) in [7, 11) is 1.00. The van der Waals surface area contributed by atoms with E-state index < -0.39 is 40.3 Å². The lowest BCUT2D eigenvalue weighted by Gasteiger charge is -2.43. The molecule has 0 unspecified atom stereocenters. The van der Waals surface area contributed by atoms with Gasteiger partial charge in [0.05, 0.1) is 32.0 Å². The van der Waals surface area contributed by atoms with Gasteiger partial charge in [-0.25, -0.2) is 8.78 Å². The van der Waals surface area contributed by atoms with Crippen LogP contribution >= 0.6 is 31.9 Å². The van der Waals surface area contributed by atoms with Crippen LogP contribution in [0.25, 0.3) is 0 Å². The highest BCUT2D eigenvalue weighted by molar-refractivity contribution is 9.10. The highest BCUT2D eigenvalue weighted by Crippen LogP contribution is 2.47. The van der Waals surface area contributed by atoms with Crippen LogP contribution in [0.4, 0.5) is 8.78 Å².